The van der Waals surface area contributed by atoms with Crippen LogP contribution in [0.15, 0.2) is 41.2 Å². The molecule has 4 aromatic rings. The number of nitrogens with one attached hydrogen (secondary N) is 1. The summed E-state index contributed by atoms with van der Waals surface area (Å²) < 4.78 is 54.2. The molecule has 14 nitrogen and oxygen atoms in total. The fourth-order valence-corrected chi connectivity index (χ4v) is 7.01. The van der Waals surface area contributed by atoms with Crippen LogP contribution in [0.4, 0.5) is 18.9 Å². The first-order valence-corrected chi connectivity index (χ1v) is 16.2. The summed E-state index contributed by atoms with van der Waals surface area (Å²) in [6, 6.07) is 6.94. The van der Waals surface area contributed by atoms with E-state index >= 15 is 0 Å². The first-order chi connectivity index (χ1) is 24.3. The van der Waals surface area contributed by atoms with Gasteiger partial charge in [0.15, 0.2) is 11.5 Å². The van der Waals surface area contributed by atoms with E-state index in [2.05, 4.69) is 20.4 Å². The molecule has 1 fully saturated rings. The molecule has 0 unspecified atom stereocenters. The van der Waals surface area contributed by atoms with Crippen LogP contribution in [0.3, 0.4) is 0 Å². The van der Waals surface area contributed by atoms with Gasteiger partial charge in [0.2, 0.25) is 11.7 Å². The molecule has 3 aliphatic rings. The van der Waals surface area contributed by atoms with E-state index in [-0.39, 0.29) is 70.9 Å². The predicted octanol–water partition coefficient (Wildman–Crippen LogP) is 4.20. The molecule has 7 rings (SSSR count). The first-order valence-electron chi connectivity index (χ1n) is 15.8. The van der Waals surface area contributed by atoms with E-state index in [1.54, 1.807) is 13.0 Å². The number of alkyl halides is 3. The highest BCUT2D eigenvalue weighted by Crippen LogP contribution is 2.48. The Labute approximate surface area is 291 Å². The minimum Gasteiger partial charge on any atom is -0.505 e. The van der Waals surface area contributed by atoms with Gasteiger partial charge < -0.3 is 29.4 Å². The van der Waals surface area contributed by atoms with Crippen molar-refractivity contribution in [1.82, 2.24) is 29.0 Å². The Hall–Kier alpha value is -5.31. The SMILES string of the molecule is C[C@H]1OC2(CCN(C(=O)c3nc(C#N)ccc3O)CC2)c2c1n(CC(=O)Nc1ccc(C(F)(F)F)cc1Cl)c1nc(C3=CCOCC3)nn1c2=O. The van der Waals surface area contributed by atoms with Crippen LogP contribution in [-0.2, 0) is 32.6 Å². The Balaban J connectivity index is 1.26. The van der Waals surface area contributed by atoms with Crippen molar-refractivity contribution in [2.24, 2.45) is 0 Å². The lowest BCUT2D eigenvalue weighted by molar-refractivity contribution is -0.137. The first kappa shape index (κ1) is 34.2. The number of amides is 2. The monoisotopic (exact) mass is 724 g/mol. The summed E-state index contributed by atoms with van der Waals surface area (Å²) in [5.41, 5.74) is -1.69. The molecular weight excluding hydrogens is 697 g/mol. The Morgan fingerprint density at radius 3 is 2.63 bits per heavy atom. The highest BCUT2D eigenvalue weighted by Gasteiger charge is 2.50. The van der Waals surface area contributed by atoms with Crippen molar-refractivity contribution in [2.45, 2.75) is 50.6 Å². The number of fused-ring (bicyclic) bond motifs is 3. The summed E-state index contributed by atoms with van der Waals surface area (Å²) in [6.45, 7) is 2.24. The van der Waals surface area contributed by atoms with Gasteiger partial charge in [-0.1, -0.05) is 17.7 Å². The molecular formula is C33H28ClF3N8O6. The lowest BCUT2D eigenvalue weighted by Crippen LogP contribution is -2.47. The van der Waals surface area contributed by atoms with Crippen LogP contribution in [0.5, 0.6) is 5.75 Å². The normalized spacial score (nSPS) is 18.4. The van der Waals surface area contributed by atoms with Crippen LogP contribution in [0.25, 0.3) is 11.4 Å². The number of carbonyl (C=O) groups excluding carboxylic acids is 2. The summed E-state index contributed by atoms with van der Waals surface area (Å²) >= 11 is 6.11. The molecule has 18 heteroatoms. The largest absolute Gasteiger partial charge is 0.505 e. The van der Waals surface area contributed by atoms with E-state index in [0.717, 1.165) is 22.2 Å². The zero-order chi connectivity index (χ0) is 36.2. The molecule has 1 spiro atoms. The second-order valence-electron chi connectivity index (χ2n) is 12.3. The maximum Gasteiger partial charge on any atom is 0.416 e. The summed E-state index contributed by atoms with van der Waals surface area (Å²) in [5.74, 6) is -1.32. The van der Waals surface area contributed by atoms with Crippen LogP contribution in [0, 0.1) is 11.3 Å². The highest BCUT2D eigenvalue weighted by atomic mass is 35.5. The number of likely N-dealkylation sites (tertiary alicyclic amines) is 1. The molecule has 3 aliphatic heterocycles. The van der Waals surface area contributed by atoms with E-state index in [1.807, 2.05) is 6.07 Å². The summed E-state index contributed by atoms with van der Waals surface area (Å²) in [6.07, 6.45) is -2.75. The third kappa shape index (κ3) is 6.09. The van der Waals surface area contributed by atoms with Gasteiger partial charge in [-0.15, -0.1) is 5.10 Å². The van der Waals surface area contributed by atoms with Crippen molar-refractivity contribution in [3.8, 4) is 11.8 Å². The van der Waals surface area contributed by atoms with E-state index in [9.17, 15) is 37.9 Å². The quantitative estimate of drug-likeness (QED) is 0.303. The molecule has 1 atom stereocenters. The molecule has 2 N–H and O–H groups in total. The number of carbonyl (C=O) groups is 2. The number of hydrogen-bond acceptors (Lipinski definition) is 10. The number of ether oxygens (including phenoxy) is 2. The van der Waals surface area contributed by atoms with E-state index in [4.69, 9.17) is 21.1 Å². The molecule has 3 aromatic heterocycles. The Morgan fingerprint density at radius 1 is 1.20 bits per heavy atom. The number of halogens is 4. The van der Waals surface area contributed by atoms with Crippen LogP contribution >= 0.6 is 11.6 Å². The van der Waals surface area contributed by atoms with Crippen molar-refractivity contribution in [2.75, 3.05) is 31.6 Å². The highest BCUT2D eigenvalue weighted by molar-refractivity contribution is 6.33. The second kappa shape index (κ2) is 12.8. The van der Waals surface area contributed by atoms with Gasteiger partial charge >= 0.3 is 6.18 Å². The minimum absolute atomic E-state index is 0.0376. The molecule has 6 heterocycles. The molecule has 2 amide bonds. The molecule has 1 aromatic carbocycles. The number of aromatic nitrogens is 5. The Kier molecular flexibility index (Phi) is 8.56. The lowest BCUT2D eigenvalue weighted by atomic mass is 9.85. The fourth-order valence-electron chi connectivity index (χ4n) is 6.79. The smallest absolute Gasteiger partial charge is 0.416 e. The number of hydrogen-bond donors (Lipinski definition) is 2. The van der Waals surface area contributed by atoms with Crippen molar-refractivity contribution < 1.29 is 37.3 Å². The van der Waals surface area contributed by atoms with Gasteiger partial charge in [-0.2, -0.15) is 27.9 Å². The molecule has 0 bridgehead atoms. The van der Waals surface area contributed by atoms with Crippen molar-refractivity contribution in [1.29, 1.82) is 5.26 Å². The number of benzene rings is 1. The summed E-state index contributed by atoms with van der Waals surface area (Å²) in [4.78, 5) is 51.3. The average Bonchev–Trinajstić information content (AvgIpc) is 3.68. The van der Waals surface area contributed by atoms with Gasteiger partial charge in [0.1, 0.15) is 29.7 Å². The van der Waals surface area contributed by atoms with Crippen LogP contribution in [0.1, 0.15) is 71.1 Å². The third-order valence-electron chi connectivity index (χ3n) is 9.20. The summed E-state index contributed by atoms with van der Waals surface area (Å²) in [7, 11) is 0. The van der Waals surface area contributed by atoms with Crippen LogP contribution in [0.2, 0.25) is 5.02 Å². The van der Waals surface area contributed by atoms with Gasteiger partial charge in [0.05, 0.1) is 46.8 Å². The topological polar surface area (TPSA) is 177 Å². The van der Waals surface area contributed by atoms with Gasteiger partial charge in [0, 0.05) is 13.1 Å². The molecule has 51 heavy (non-hydrogen) atoms. The maximum absolute atomic E-state index is 14.3. The van der Waals surface area contributed by atoms with Crippen molar-refractivity contribution in [3.63, 3.8) is 0 Å². The number of nitrogens with zero attached hydrogens (tertiary/aromatic N) is 7. The average molecular weight is 725 g/mol. The third-order valence-corrected chi connectivity index (χ3v) is 9.51. The zero-order valence-corrected chi connectivity index (χ0v) is 27.6. The number of pyridine rings is 1. The van der Waals surface area contributed by atoms with E-state index in [1.165, 1.54) is 21.6 Å². The second-order valence-corrected chi connectivity index (χ2v) is 12.7. The van der Waals surface area contributed by atoms with Gasteiger partial charge in [-0.25, -0.2) is 4.98 Å². The van der Waals surface area contributed by atoms with Crippen molar-refractivity contribution in [3.05, 3.63) is 85.8 Å². The van der Waals surface area contributed by atoms with Gasteiger partial charge in [0.25, 0.3) is 11.5 Å². The number of anilines is 1. The lowest BCUT2D eigenvalue weighted by Gasteiger charge is -2.39. The van der Waals surface area contributed by atoms with Crippen molar-refractivity contribution >= 4 is 40.5 Å². The number of rotatable bonds is 5. The number of aromatic hydroxyl groups is 1. The molecule has 1 saturated heterocycles. The number of piperidine rings is 1. The van der Waals surface area contributed by atoms with Gasteiger partial charge in [-0.3, -0.25) is 14.4 Å². The molecule has 0 aliphatic carbocycles. The van der Waals surface area contributed by atoms with Crippen LogP contribution < -0.4 is 10.9 Å². The predicted molar refractivity (Wildman–Crippen MR) is 173 cm³/mol. The van der Waals surface area contributed by atoms with Gasteiger partial charge in [-0.05, 0) is 62.1 Å². The van der Waals surface area contributed by atoms with Crippen LogP contribution in [-0.4, -0.2) is 72.3 Å². The zero-order valence-electron chi connectivity index (χ0n) is 26.8. The molecule has 264 valence electrons. The van der Waals surface area contributed by atoms with E-state index in [0.29, 0.717) is 31.4 Å². The minimum atomic E-state index is -4.63. The molecule has 0 saturated carbocycles. The maximum atomic E-state index is 14.3. The van der Waals surface area contributed by atoms with E-state index < -0.39 is 47.4 Å². The molecule has 0 radical (unpaired) electrons. The number of nitriles is 1. The Bertz CT molecular complexity index is 2240. The Morgan fingerprint density at radius 2 is 1.96 bits per heavy atom. The summed E-state index contributed by atoms with van der Waals surface area (Å²) in [5, 5.41) is 26.3. The fraction of sp³-hybridized carbons (Fsp3) is 0.364. The standard InChI is InChI=1S/C33H28ClF3N8O6/c1-17-27-25(32(51-17)8-10-43(11-9-32)30(49)26-23(46)5-3-20(15-38)39-26)29(48)45-31(41-28(42-45)18-6-12-50-13-7-18)44(27)16-24(47)40-22-4-2-19(14-21(22)34)33(35,36)37/h2-6,14,17,46H,7-13,16H2,1H3,(H,40,47)/t17-/m1/s1.